The molecule has 1 aromatic carbocycles. The highest BCUT2D eigenvalue weighted by Gasteiger charge is 2.21. The Bertz CT molecular complexity index is 776. The maximum atomic E-state index is 13.9. The number of nitrogens with one attached hydrogen (secondary N) is 2. The molecule has 28 heavy (non-hydrogen) atoms. The fourth-order valence-corrected chi connectivity index (χ4v) is 3.04. The Balaban J connectivity index is 0.00000280. The Hall–Kier alpha value is -2.30. The zero-order valence-electron chi connectivity index (χ0n) is 15.7. The molecule has 1 aromatic heterocycles. The van der Waals surface area contributed by atoms with Gasteiger partial charge in [0, 0.05) is 46.3 Å². The van der Waals surface area contributed by atoms with E-state index in [1.165, 1.54) is 12.3 Å². The van der Waals surface area contributed by atoms with E-state index in [4.69, 9.17) is 4.42 Å². The summed E-state index contributed by atoms with van der Waals surface area (Å²) in [6.07, 6.45) is 1.47. The largest absolute Gasteiger partial charge is 0.459 e. The summed E-state index contributed by atoms with van der Waals surface area (Å²) in [6, 6.07) is 10.1. The van der Waals surface area contributed by atoms with Gasteiger partial charge in [-0.25, -0.2) is 4.39 Å². The number of carbonyl (C=O) groups is 1. The molecular formula is C19H25FIN5O2. The topological polar surface area (TPSA) is 73.1 Å². The van der Waals surface area contributed by atoms with Crippen molar-refractivity contribution in [1.29, 1.82) is 0 Å². The van der Waals surface area contributed by atoms with Crippen molar-refractivity contribution in [1.82, 2.24) is 15.5 Å². The second-order valence-electron chi connectivity index (χ2n) is 6.13. The summed E-state index contributed by atoms with van der Waals surface area (Å²) < 4.78 is 19.0. The van der Waals surface area contributed by atoms with Crippen LogP contribution >= 0.6 is 24.0 Å². The quantitative estimate of drug-likeness (QED) is 0.285. The second kappa shape index (κ2) is 10.9. The molecule has 3 rings (SSSR count). The van der Waals surface area contributed by atoms with Crippen molar-refractivity contribution in [2.24, 2.45) is 4.99 Å². The van der Waals surface area contributed by atoms with E-state index in [-0.39, 0.29) is 35.7 Å². The average molecular weight is 501 g/mol. The summed E-state index contributed by atoms with van der Waals surface area (Å²) in [7, 11) is 1.73. The molecule has 2 N–H and O–H groups in total. The van der Waals surface area contributed by atoms with Gasteiger partial charge in [-0.05, 0) is 24.3 Å². The van der Waals surface area contributed by atoms with Crippen LogP contribution in [0.1, 0.15) is 10.6 Å². The van der Waals surface area contributed by atoms with Gasteiger partial charge < -0.3 is 24.9 Å². The number of carbonyl (C=O) groups excluding carboxylic acids is 1. The summed E-state index contributed by atoms with van der Waals surface area (Å²) in [5.74, 6) is 0.634. The molecule has 0 radical (unpaired) electrons. The maximum absolute atomic E-state index is 13.9. The zero-order chi connectivity index (χ0) is 19.1. The van der Waals surface area contributed by atoms with Gasteiger partial charge in [-0.2, -0.15) is 0 Å². The predicted octanol–water partition coefficient (Wildman–Crippen LogP) is 2.16. The summed E-state index contributed by atoms with van der Waals surface area (Å²) in [5, 5.41) is 6.03. The van der Waals surface area contributed by atoms with Crippen LogP contribution in [0, 0.1) is 5.82 Å². The lowest BCUT2D eigenvalue weighted by Crippen LogP contribution is -2.53. The Labute approximate surface area is 181 Å². The fraction of sp³-hybridized carbons (Fsp3) is 0.368. The van der Waals surface area contributed by atoms with Crippen molar-refractivity contribution in [3.63, 3.8) is 0 Å². The van der Waals surface area contributed by atoms with Crippen molar-refractivity contribution in [3.8, 4) is 0 Å². The maximum Gasteiger partial charge on any atom is 0.287 e. The molecular weight excluding hydrogens is 476 g/mol. The standard InChI is InChI=1S/C19H24FN5O2.HI/c1-21-19(23-9-8-22-18(26)17-7-4-14-27-17)25-12-10-24(11-13-25)16-6-3-2-5-15(16)20;/h2-7,14H,8-13H2,1H3,(H,21,23)(H,22,26);1H. The molecule has 1 fully saturated rings. The van der Waals surface area contributed by atoms with Gasteiger partial charge in [0.2, 0.25) is 0 Å². The van der Waals surface area contributed by atoms with Crippen molar-refractivity contribution in [2.45, 2.75) is 0 Å². The van der Waals surface area contributed by atoms with Gasteiger partial charge in [-0.15, -0.1) is 24.0 Å². The third-order valence-electron chi connectivity index (χ3n) is 4.42. The molecule has 0 atom stereocenters. The number of aliphatic imine (C=N–C) groups is 1. The molecule has 0 spiro atoms. The number of piperazine rings is 1. The number of hydrogen-bond acceptors (Lipinski definition) is 4. The monoisotopic (exact) mass is 501 g/mol. The molecule has 2 aromatic rings. The number of benzene rings is 1. The lowest BCUT2D eigenvalue weighted by atomic mass is 10.2. The number of rotatable bonds is 5. The molecule has 0 bridgehead atoms. The number of halogens is 2. The molecule has 1 amide bonds. The van der Waals surface area contributed by atoms with Gasteiger partial charge in [0.05, 0.1) is 12.0 Å². The van der Waals surface area contributed by atoms with E-state index in [1.54, 1.807) is 31.3 Å². The highest BCUT2D eigenvalue weighted by atomic mass is 127. The lowest BCUT2D eigenvalue weighted by Gasteiger charge is -2.37. The molecule has 1 aliphatic heterocycles. The first-order valence-electron chi connectivity index (χ1n) is 8.96. The molecule has 9 heteroatoms. The first kappa shape index (κ1) is 22.0. The first-order valence-corrected chi connectivity index (χ1v) is 8.96. The Morgan fingerprint density at radius 1 is 1.11 bits per heavy atom. The van der Waals surface area contributed by atoms with Crippen molar-refractivity contribution < 1.29 is 13.6 Å². The molecule has 0 unspecified atom stereocenters. The lowest BCUT2D eigenvalue weighted by molar-refractivity contribution is 0.0926. The second-order valence-corrected chi connectivity index (χ2v) is 6.13. The minimum absolute atomic E-state index is 0. The minimum Gasteiger partial charge on any atom is -0.459 e. The third-order valence-corrected chi connectivity index (χ3v) is 4.42. The Morgan fingerprint density at radius 2 is 1.82 bits per heavy atom. The third kappa shape index (κ3) is 5.60. The fourth-order valence-electron chi connectivity index (χ4n) is 3.04. The van der Waals surface area contributed by atoms with Crippen LogP contribution in [0.4, 0.5) is 10.1 Å². The van der Waals surface area contributed by atoms with Crippen LogP contribution in [0.2, 0.25) is 0 Å². The summed E-state index contributed by atoms with van der Waals surface area (Å²) in [5.41, 5.74) is 0.640. The number of para-hydroxylation sites is 1. The molecule has 1 aliphatic rings. The number of furan rings is 1. The van der Waals surface area contributed by atoms with Crippen LogP contribution in [0.15, 0.2) is 52.1 Å². The predicted molar refractivity (Wildman–Crippen MR) is 118 cm³/mol. The number of amides is 1. The number of hydrogen-bond donors (Lipinski definition) is 2. The Kier molecular flexibility index (Phi) is 8.55. The first-order chi connectivity index (χ1) is 13.2. The normalized spacial score (nSPS) is 14.4. The van der Waals surface area contributed by atoms with Crippen molar-refractivity contribution >= 4 is 41.5 Å². The van der Waals surface area contributed by atoms with E-state index >= 15 is 0 Å². The van der Waals surface area contributed by atoms with Gasteiger partial charge in [-0.1, -0.05) is 12.1 Å². The molecule has 0 saturated carbocycles. The zero-order valence-corrected chi connectivity index (χ0v) is 18.1. The minimum atomic E-state index is -0.240. The van der Waals surface area contributed by atoms with E-state index < -0.39 is 0 Å². The van der Waals surface area contributed by atoms with Gasteiger partial charge in [0.1, 0.15) is 5.82 Å². The van der Waals surface area contributed by atoms with Crippen LogP contribution < -0.4 is 15.5 Å². The van der Waals surface area contributed by atoms with Crippen LogP contribution in [0.25, 0.3) is 0 Å². The van der Waals surface area contributed by atoms with Crippen LogP contribution in [-0.2, 0) is 0 Å². The van der Waals surface area contributed by atoms with E-state index in [2.05, 4.69) is 20.5 Å². The SMILES string of the molecule is CN=C(NCCNC(=O)c1ccco1)N1CCN(c2ccccc2F)CC1.I. The van der Waals surface area contributed by atoms with E-state index in [1.807, 2.05) is 11.0 Å². The van der Waals surface area contributed by atoms with E-state index in [0.717, 1.165) is 32.1 Å². The molecule has 7 nitrogen and oxygen atoms in total. The van der Waals surface area contributed by atoms with Gasteiger partial charge in [0.25, 0.3) is 5.91 Å². The van der Waals surface area contributed by atoms with Crippen molar-refractivity contribution in [2.75, 3.05) is 51.2 Å². The van der Waals surface area contributed by atoms with Gasteiger partial charge in [0.15, 0.2) is 11.7 Å². The summed E-state index contributed by atoms with van der Waals surface area (Å²) >= 11 is 0. The average Bonchev–Trinajstić information content (AvgIpc) is 3.24. The summed E-state index contributed by atoms with van der Waals surface area (Å²) in [4.78, 5) is 20.3. The summed E-state index contributed by atoms with van der Waals surface area (Å²) in [6.45, 7) is 3.92. The van der Waals surface area contributed by atoms with Crippen LogP contribution in [0.3, 0.4) is 0 Å². The molecule has 1 saturated heterocycles. The van der Waals surface area contributed by atoms with E-state index in [9.17, 15) is 9.18 Å². The van der Waals surface area contributed by atoms with E-state index in [0.29, 0.717) is 24.5 Å². The highest BCUT2D eigenvalue weighted by Crippen LogP contribution is 2.20. The van der Waals surface area contributed by atoms with Gasteiger partial charge >= 0.3 is 0 Å². The molecule has 2 heterocycles. The number of guanidine groups is 1. The molecule has 0 aliphatic carbocycles. The number of nitrogens with zero attached hydrogens (tertiary/aromatic N) is 3. The number of anilines is 1. The van der Waals surface area contributed by atoms with Gasteiger partial charge in [-0.3, -0.25) is 9.79 Å². The van der Waals surface area contributed by atoms with Crippen molar-refractivity contribution in [3.05, 3.63) is 54.2 Å². The Morgan fingerprint density at radius 3 is 2.46 bits per heavy atom. The smallest absolute Gasteiger partial charge is 0.287 e. The molecule has 152 valence electrons. The van der Waals surface area contributed by atoms with Crippen LogP contribution in [-0.4, -0.2) is 63.1 Å². The highest BCUT2D eigenvalue weighted by molar-refractivity contribution is 14.0. The van der Waals surface area contributed by atoms with Crippen LogP contribution in [0.5, 0.6) is 0 Å².